The lowest BCUT2D eigenvalue weighted by atomic mass is 10.00. The van der Waals surface area contributed by atoms with E-state index in [1.54, 1.807) is 18.2 Å². The van der Waals surface area contributed by atoms with Crippen molar-refractivity contribution in [1.82, 2.24) is 4.98 Å². The predicted octanol–water partition coefficient (Wildman–Crippen LogP) is 5.48. The number of rotatable bonds is 3. The SMILES string of the molecule is O=C(Nc1cc(C(F)(F)F)ccc1N1CCOCC1)c1c2c(nc3ccc(Cl)cc13)CCC2. The topological polar surface area (TPSA) is 54.5 Å². The van der Waals surface area contributed by atoms with Crippen LogP contribution in [0.5, 0.6) is 0 Å². The summed E-state index contributed by atoms with van der Waals surface area (Å²) in [5.41, 5.74) is 2.60. The molecule has 5 rings (SSSR count). The summed E-state index contributed by atoms with van der Waals surface area (Å²) in [6.07, 6.45) is -2.21. The minimum atomic E-state index is -4.53. The molecule has 1 aromatic heterocycles. The molecule has 5 nitrogen and oxygen atoms in total. The first-order valence-corrected chi connectivity index (χ1v) is 11.2. The fourth-order valence-corrected chi connectivity index (χ4v) is 4.74. The summed E-state index contributed by atoms with van der Waals surface area (Å²) in [5.74, 6) is -0.461. The van der Waals surface area contributed by atoms with Crippen LogP contribution in [-0.2, 0) is 23.8 Å². The number of benzene rings is 2. The zero-order valence-corrected chi connectivity index (χ0v) is 18.4. The van der Waals surface area contributed by atoms with Gasteiger partial charge in [0, 0.05) is 29.2 Å². The molecule has 0 radical (unpaired) electrons. The van der Waals surface area contributed by atoms with Crippen LogP contribution in [0.1, 0.15) is 33.6 Å². The van der Waals surface area contributed by atoms with Gasteiger partial charge >= 0.3 is 6.18 Å². The van der Waals surface area contributed by atoms with Crippen molar-refractivity contribution in [3.63, 3.8) is 0 Å². The highest BCUT2D eigenvalue weighted by Crippen LogP contribution is 2.37. The molecular weight excluding hydrogens is 455 g/mol. The number of morpholine rings is 1. The zero-order valence-electron chi connectivity index (χ0n) is 17.6. The van der Waals surface area contributed by atoms with Crippen molar-refractivity contribution in [3.05, 3.63) is 63.8 Å². The number of aryl methyl sites for hydroxylation is 1. The first-order chi connectivity index (χ1) is 15.8. The molecule has 1 N–H and O–H groups in total. The Hall–Kier alpha value is -2.84. The third-order valence-corrected chi connectivity index (χ3v) is 6.36. The molecule has 1 amide bonds. The second-order valence-electron chi connectivity index (χ2n) is 8.21. The summed E-state index contributed by atoms with van der Waals surface area (Å²) in [6, 6.07) is 8.61. The van der Waals surface area contributed by atoms with E-state index in [2.05, 4.69) is 10.3 Å². The van der Waals surface area contributed by atoms with Gasteiger partial charge in [-0.3, -0.25) is 9.78 Å². The summed E-state index contributed by atoms with van der Waals surface area (Å²) in [7, 11) is 0. The second-order valence-corrected chi connectivity index (χ2v) is 8.65. The number of hydrogen-bond donors (Lipinski definition) is 1. The van der Waals surface area contributed by atoms with Crippen LogP contribution in [0, 0.1) is 0 Å². The lowest BCUT2D eigenvalue weighted by Gasteiger charge is -2.31. The molecule has 0 unspecified atom stereocenters. The molecule has 0 atom stereocenters. The molecular formula is C24H21ClF3N3O2. The van der Waals surface area contributed by atoms with Gasteiger partial charge < -0.3 is 15.0 Å². The third kappa shape index (κ3) is 4.25. The van der Waals surface area contributed by atoms with E-state index in [-0.39, 0.29) is 5.69 Å². The zero-order chi connectivity index (χ0) is 23.2. The molecule has 0 saturated carbocycles. The van der Waals surface area contributed by atoms with E-state index >= 15 is 0 Å². The molecule has 2 heterocycles. The van der Waals surface area contributed by atoms with Gasteiger partial charge in [-0.1, -0.05) is 11.6 Å². The van der Waals surface area contributed by atoms with Gasteiger partial charge in [0.25, 0.3) is 5.91 Å². The van der Waals surface area contributed by atoms with Crippen LogP contribution < -0.4 is 10.2 Å². The van der Waals surface area contributed by atoms with Crippen molar-refractivity contribution in [1.29, 1.82) is 0 Å². The van der Waals surface area contributed by atoms with E-state index in [9.17, 15) is 18.0 Å². The Kier molecular flexibility index (Phi) is 5.66. The summed E-state index contributed by atoms with van der Waals surface area (Å²) in [6.45, 7) is 1.99. The first kappa shape index (κ1) is 22.0. The van der Waals surface area contributed by atoms with E-state index in [1.807, 2.05) is 4.90 Å². The van der Waals surface area contributed by atoms with E-state index < -0.39 is 17.6 Å². The number of carbonyl (C=O) groups excluding carboxylic acids is 1. The van der Waals surface area contributed by atoms with Crippen LogP contribution in [0.4, 0.5) is 24.5 Å². The van der Waals surface area contributed by atoms with Crippen molar-refractivity contribution >= 4 is 39.8 Å². The lowest BCUT2D eigenvalue weighted by Crippen LogP contribution is -2.37. The smallest absolute Gasteiger partial charge is 0.378 e. The van der Waals surface area contributed by atoms with Gasteiger partial charge in [0.2, 0.25) is 0 Å². The molecule has 0 bridgehead atoms. The number of alkyl halides is 3. The monoisotopic (exact) mass is 475 g/mol. The predicted molar refractivity (Wildman–Crippen MR) is 121 cm³/mol. The highest BCUT2D eigenvalue weighted by molar-refractivity contribution is 6.31. The second kappa shape index (κ2) is 8.50. The maximum Gasteiger partial charge on any atom is 0.416 e. The van der Waals surface area contributed by atoms with Crippen molar-refractivity contribution in [2.24, 2.45) is 0 Å². The van der Waals surface area contributed by atoms with E-state index in [0.29, 0.717) is 59.9 Å². The quantitative estimate of drug-likeness (QED) is 0.544. The summed E-state index contributed by atoms with van der Waals surface area (Å²) >= 11 is 6.20. The molecule has 33 heavy (non-hydrogen) atoms. The normalized spacial score (nSPS) is 16.2. The van der Waals surface area contributed by atoms with Gasteiger partial charge in [-0.25, -0.2) is 0 Å². The largest absolute Gasteiger partial charge is 0.416 e. The number of anilines is 2. The van der Waals surface area contributed by atoms with Crippen molar-refractivity contribution in [2.45, 2.75) is 25.4 Å². The minimum absolute atomic E-state index is 0.121. The molecule has 1 aliphatic heterocycles. The van der Waals surface area contributed by atoms with Gasteiger partial charge in [0.05, 0.1) is 41.2 Å². The van der Waals surface area contributed by atoms with Crippen LogP contribution in [0.3, 0.4) is 0 Å². The Balaban J connectivity index is 1.60. The lowest BCUT2D eigenvalue weighted by molar-refractivity contribution is -0.137. The maximum atomic E-state index is 13.6. The number of nitrogens with zero attached hydrogens (tertiary/aromatic N) is 2. The highest BCUT2D eigenvalue weighted by atomic mass is 35.5. The van der Waals surface area contributed by atoms with Gasteiger partial charge in [-0.05, 0) is 61.2 Å². The number of halogens is 4. The number of aromatic nitrogens is 1. The Morgan fingerprint density at radius 1 is 1.09 bits per heavy atom. The van der Waals surface area contributed by atoms with E-state index in [0.717, 1.165) is 36.2 Å². The summed E-state index contributed by atoms with van der Waals surface area (Å²) < 4.78 is 45.8. The van der Waals surface area contributed by atoms with Gasteiger partial charge in [0.15, 0.2) is 0 Å². The molecule has 9 heteroatoms. The minimum Gasteiger partial charge on any atom is -0.378 e. The summed E-state index contributed by atoms with van der Waals surface area (Å²) in [4.78, 5) is 20.2. The number of ether oxygens (including phenoxy) is 1. The molecule has 1 fully saturated rings. The maximum absolute atomic E-state index is 13.6. The molecule has 172 valence electrons. The Morgan fingerprint density at radius 3 is 2.64 bits per heavy atom. The molecule has 3 aromatic rings. The molecule has 1 saturated heterocycles. The Labute approximate surface area is 193 Å². The fourth-order valence-electron chi connectivity index (χ4n) is 4.57. The average molecular weight is 476 g/mol. The number of amides is 1. The average Bonchev–Trinajstić information content (AvgIpc) is 3.25. The molecule has 0 spiro atoms. The van der Waals surface area contributed by atoms with Gasteiger partial charge in [0.1, 0.15) is 0 Å². The fraction of sp³-hybridized carbons (Fsp3) is 0.333. The highest BCUT2D eigenvalue weighted by Gasteiger charge is 2.32. The van der Waals surface area contributed by atoms with Gasteiger partial charge in [-0.2, -0.15) is 13.2 Å². The van der Waals surface area contributed by atoms with Crippen molar-refractivity contribution < 1.29 is 22.7 Å². The number of carbonyl (C=O) groups is 1. The number of pyridine rings is 1. The van der Waals surface area contributed by atoms with Crippen LogP contribution in [0.25, 0.3) is 10.9 Å². The standard InChI is InChI=1S/C24H21ClF3N3O2/c25-15-5-6-19-17(13-15)22(16-2-1-3-18(16)29-19)23(32)30-20-12-14(24(26,27)28)4-7-21(20)31-8-10-33-11-9-31/h4-7,12-13H,1-3,8-11H2,(H,30,32). The van der Waals surface area contributed by atoms with Crippen molar-refractivity contribution in [2.75, 3.05) is 36.5 Å². The number of fused-ring (bicyclic) bond motifs is 2. The summed E-state index contributed by atoms with van der Waals surface area (Å²) in [5, 5.41) is 3.85. The van der Waals surface area contributed by atoms with Crippen LogP contribution in [0.2, 0.25) is 5.02 Å². The van der Waals surface area contributed by atoms with Crippen LogP contribution in [0.15, 0.2) is 36.4 Å². The third-order valence-electron chi connectivity index (χ3n) is 6.12. The van der Waals surface area contributed by atoms with E-state index in [1.165, 1.54) is 6.07 Å². The van der Waals surface area contributed by atoms with E-state index in [4.69, 9.17) is 16.3 Å². The molecule has 2 aromatic carbocycles. The van der Waals surface area contributed by atoms with Gasteiger partial charge in [-0.15, -0.1) is 0 Å². The Bertz CT molecular complexity index is 1240. The molecule has 1 aliphatic carbocycles. The number of nitrogens with one attached hydrogen (secondary N) is 1. The Morgan fingerprint density at radius 2 is 1.88 bits per heavy atom. The number of hydrogen-bond acceptors (Lipinski definition) is 4. The van der Waals surface area contributed by atoms with Crippen LogP contribution in [-0.4, -0.2) is 37.2 Å². The van der Waals surface area contributed by atoms with Crippen molar-refractivity contribution in [3.8, 4) is 0 Å². The first-order valence-electron chi connectivity index (χ1n) is 10.8. The van der Waals surface area contributed by atoms with Crippen LogP contribution >= 0.6 is 11.6 Å². The molecule has 2 aliphatic rings.